The lowest BCUT2D eigenvalue weighted by atomic mass is 10.1. The van der Waals surface area contributed by atoms with Gasteiger partial charge in [-0.1, -0.05) is 6.92 Å². The summed E-state index contributed by atoms with van der Waals surface area (Å²) >= 11 is 0. The summed E-state index contributed by atoms with van der Waals surface area (Å²) < 4.78 is 1.95. The maximum absolute atomic E-state index is 4.34. The van der Waals surface area contributed by atoms with Crippen LogP contribution < -0.4 is 10.6 Å². The maximum Gasteiger partial charge on any atom is 0.191 e. The molecule has 2 rings (SSSR count). The van der Waals surface area contributed by atoms with Gasteiger partial charge in [-0.05, 0) is 32.3 Å². The van der Waals surface area contributed by atoms with Gasteiger partial charge in [0, 0.05) is 45.0 Å². The van der Waals surface area contributed by atoms with E-state index in [4.69, 9.17) is 0 Å². The standard InChI is InChI=1S/C16H30N6.HI/c1-12(2)21-10-14(4)15(11-21)20-16(17-5)18-6-7-22-9-13(3)8-19-22;/h8-9,12,14-15H,6-7,10-11H2,1-5H3,(H2,17,18,20);1H. The predicted octanol–water partition coefficient (Wildman–Crippen LogP) is 1.70. The molecule has 0 bridgehead atoms. The average molecular weight is 434 g/mol. The molecule has 1 saturated heterocycles. The largest absolute Gasteiger partial charge is 0.355 e. The topological polar surface area (TPSA) is 57.5 Å². The number of hydrogen-bond donors (Lipinski definition) is 2. The molecule has 0 saturated carbocycles. The zero-order valence-electron chi connectivity index (χ0n) is 14.9. The van der Waals surface area contributed by atoms with Crippen LogP contribution in [0.2, 0.25) is 0 Å². The van der Waals surface area contributed by atoms with Crippen molar-refractivity contribution in [2.24, 2.45) is 10.9 Å². The van der Waals surface area contributed by atoms with Crippen molar-refractivity contribution in [3.63, 3.8) is 0 Å². The molecule has 1 aromatic heterocycles. The van der Waals surface area contributed by atoms with E-state index in [1.54, 1.807) is 0 Å². The molecule has 23 heavy (non-hydrogen) atoms. The number of likely N-dealkylation sites (tertiary alicyclic amines) is 1. The van der Waals surface area contributed by atoms with Crippen LogP contribution in [-0.4, -0.2) is 59.4 Å². The van der Waals surface area contributed by atoms with E-state index in [1.165, 1.54) is 5.56 Å². The van der Waals surface area contributed by atoms with Crippen molar-refractivity contribution in [3.8, 4) is 0 Å². The van der Waals surface area contributed by atoms with Gasteiger partial charge in [0.25, 0.3) is 0 Å². The molecule has 6 nitrogen and oxygen atoms in total. The number of guanidine groups is 1. The van der Waals surface area contributed by atoms with Gasteiger partial charge in [-0.2, -0.15) is 5.10 Å². The van der Waals surface area contributed by atoms with Gasteiger partial charge in [-0.3, -0.25) is 14.6 Å². The zero-order valence-corrected chi connectivity index (χ0v) is 17.2. The van der Waals surface area contributed by atoms with Crippen molar-refractivity contribution in [2.45, 2.75) is 46.3 Å². The third kappa shape index (κ3) is 5.95. The van der Waals surface area contributed by atoms with Gasteiger partial charge in [0.05, 0.1) is 12.7 Å². The lowest BCUT2D eigenvalue weighted by Crippen LogP contribution is -2.47. The molecule has 2 heterocycles. The second kappa shape index (κ2) is 9.46. The molecule has 0 spiro atoms. The summed E-state index contributed by atoms with van der Waals surface area (Å²) in [5.74, 6) is 1.51. The molecule has 0 radical (unpaired) electrons. The summed E-state index contributed by atoms with van der Waals surface area (Å²) in [4.78, 5) is 6.85. The molecule has 2 N–H and O–H groups in total. The second-order valence-electron chi connectivity index (χ2n) is 6.56. The van der Waals surface area contributed by atoms with E-state index in [9.17, 15) is 0 Å². The highest BCUT2D eigenvalue weighted by atomic mass is 127. The Morgan fingerprint density at radius 2 is 2.17 bits per heavy atom. The van der Waals surface area contributed by atoms with E-state index < -0.39 is 0 Å². The number of nitrogens with zero attached hydrogens (tertiary/aromatic N) is 4. The number of rotatable bonds is 5. The van der Waals surface area contributed by atoms with Gasteiger partial charge in [-0.15, -0.1) is 24.0 Å². The SMILES string of the molecule is CN=C(NCCn1cc(C)cn1)NC1CN(C(C)C)CC1C.I. The fourth-order valence-electron chi connectivity index (χ4n) is 2.86. The highest BCUT2D eigenvalue weighted by Gasteiger charge is 2.31. The van der Waals surface area contributed by atoms with Crippen molar-refractivity contribution in [1.29, 1.82) is 0 Å². The van der Waals surface area contributed by atoms with Crippen molar-refractivity contribution in [1.82, 2.24) is 25.3 Å². The number of halogens is 1. The van der Waals surface area contributed by atoms with Crippen LogP contribution in [0.1, 0.15) is 26.3 Å². The van der Waals surface area contributed by atoms with Crippen LogP contribution in [0.15, 0.2) is 17.4 Å². The fraction of sp³-hybridized carbons (Fsp3) is 0.750. The number of aliphatic imine (C=N–C) groups is 1. The molecule has 0 aromatic carbocycles. The molecule has 0 aliphatic carbocycles. The van der Waals surface area contributed by atoms with Crippen LogP contribution >= 0.6 is 24.0 Å². The predicted molar refractivity (Wildman–Crippen MR) is 107 cm³/mol. The lowest BCUT2D eigenvalue weighted by molar-refractivity contribution is 0.265. The van der Waals surface area contributed by atoms with E-state index >= 15 is 0 Å². The van der Waals surface area contributed by atoms with Crippen molar-refractivity contribution < 1.29 is 0 Å². The summed E-state index contributed by atoms with van der Waals surface area (Å²) in [5, 5.41) is 11.2. The molecule has 7 heteroatoms. The van der Waals surface area contributed by atoms with Gasteiger partial charge in [0.15, 0.2) is 5.96 Å². The first kappa shape index (κ1) is 20.2. The summed E-state index contributed by atoms with van der Waals surface area (Å²) in [7, 11) is 1.83. The van der Waals surface area contributed by atoms with Crippen LogP contribution in [0, 0.1) is 12.8 Å². The third-order valence-corrected chi connectivity index (χ3v) is 4.31. The first-order valence-corrected chi connectivity index (χ1v) is 8.20. The van der Waals surface area contributed by atoms with E-state index in [1.807, 2.05) is 17.9 Å². The third-order valence-electron chi connectivity index (χ3n) is 4.31. The highest BCUT2D eigenvalue weighted by Crippen LogP contribution is 2.18. The Bertz CT molecular complexity index is 499. The van der Waals surface area contributed by atoms with Crippen molar-refractivity contribution >= 4 is 29.9 Å². The second-order valence-corrected chi connectivity index (χ2v) is 6.56. The number of aromatic nitrogens is 2. The highest BCUT2D eigenvalue weighted by molar-refractivity contribution is 14.0. The van der Waals surface area contributed by atoms with E-state index in [0.717, 1.165) is 32.1 Å². The minimum absolute atomic E-state index is 0. The zero-order chi connectivity index (χ0) is 16.1. The van der Waals surface area contributed by atoms with Crippen molar-refractivity contribution in [2.75, 3.05) is 26.7 Å². The molecule has 1 aromatic rings. The minimum atomic E-state index is 0. The molecular formula is C16H31IN6. The smallest absolute Gasteiger partial charge is 0.191 e. The summed E-state index contributed by atoms with van der Waals surface area (Å²) in [5.41, 5.74) is 1.19. The first-order chi connectivity index (χ1) is 10.5. The monoisotopic (exact) mass is 434 g/mol. The van der Waals surface area contributed by atoms with E-state index in [0.29, 0.717) is 18.0 Å². The normalized spacial score (nSPS) is 22.3. The molecule has 0 amide bonds. The van der Waals surface area contributed by atoms with Crippen LogP contribution in [0.3, 0.4) is 0 Å². The molecule has 1 fully saturated rings. The van der Waals surface area contributed by atoms with Crippen LogP contribution in [0.4, 0.5) is 0 Å². The Hall–Kier alpha value is -0.830. The fourth-order valence-corrected chi connectivity index (χ4v) is 2.86. The Labute approximate surface area is 157 Å². The number of aryl methyl sites for hydroxylation is 1. The quantitative estimate of drug-likeness (QED) is 0.421. The van der Waals surface area contributed by atoms with Gasteiger partial charge in [0.1, 0.15) is 0 Å². The Balaban J connectivity index is 0.00000264. The lowest BCUT2D eigenvalue weighted by Gasteiger charge is -2.21. The molecule has 2 unspecified atom stereocenters. The number of nitrogens with one attached hydrogen (secondary N) is 2. The molecular weight excluding hydrogens is 403 g/mol. The molecule has 1 aliphatic heterocycles. The summed E-state index contributed by atoms with van der Waals surface area (Å²) in [6.45, 7) is 12.8. The maximum atomic E-state index is 4.34. The molecule has 1 aliphatic rings. The Kier molecular flexibility index (Phi) is 8.32. The van der Waals surface area contributed by atoms with Crippen LogP contribution in [-0.2, 0) is 6.54 Å². The van der Waals surface area contributed by atoms with Crippen molar-refractivity contribution in [3.05, 3.63) is 18.0 Å². The number of hydrogen-bond acceptors (Lipinski definition) is 3. The Morgan fingerprint density at radius 1 is 1.43 bits per heavy atom. The van der Waals surface area contributed by atoms with Gasteiger partial charge in [0.2, 0.25) is 0 Å². The van der Waals surface area contributed by atoms with E-state index in [2.05, 4.69) is 59.5 Å². The van der Waals surface area contributed by atoms with Crippen LogP contribution in [0.25, 0.3) is 0 Å². The minimum Gasteiger partial charge on any atom is -0.355 e. The van der Waals surface area contributed by atoms with E-state index in [-0.39, 0.29) is 24.0 Å². The average Bonchev–Trinajstić information content (AvgIpc) is 3.04. The molecule has 132 valence electrons. The summed E-state index contributed by atoms with van der Waals surface area (Å²) in [6.07, 6.45) is 3.94. The molecule has 2 atom stereocenters. The van der Waals surface area contributed by atoms with Gasteiger partial charge >= 0.3 is 0 Å². The first-order valence-electron chi connectivity index (χ1n) is 8.20. The van der Waals surface area contributed by atoms with Gasteiger partial charge < -0.3 is 10.6 Å². The Morgan fingerprint density at radius 3 is 2.70 bits per heavy atom. The summed E-state index contributed by atoms with van der Waals surface area (Å²) in [6, 6.07) is 1.06. The van der Waals surface area contributed by atoms with Gasteiger partial charge in [-0.25, -0.2) is 0 Å². The van der Waals surface area contributed by atoms with Crippen LogP contribution in [0.5, 0.6) is 0 Å².